The van der Waals surface area contributed by atoms with E-state index in [1.807, 2.05) is 0 Å². The summed E-state index contributed by atoms with van der Waals surface area (Å²) < 4.78 is 27.6. The van der Waals surface area contributed by atoms with Gasteiger partial charge in [0.1, 0.15) is 6.04 Å². The lowest BCUT2D eigenvalue weighted by atomic mass is 10.2. The zero-order chi connectivity index (χ0) is 15.8. The predicted octanol–water partition coefficient (Wildman–Crippen LogP) is 1.24. The predicted molar refractivity (Wildman–Crippen MR) is 84.3 cm³/mol. The zero-order valence-electron chi connectivity index (χ0n) is 11.9. The lowest BCUT2D eigenvalue weighted by Gasteiger charge is -2.24. The molecule has 6 nitrogen and oxygen atoms in total. The van der Waals surface area contributed by atoms with Crippen molar-refractivity contribution in [1.82, 2.24) is 9.62 Å². The Bertz CT molecular complexity index is 675. The van der Waals surface area contributed by atoms with E-state index in [0.29, 0.717) is 35.1 Å². The average Bonchev–Trinajstić information content (AvgIpc) is 2.91. The molecule has 1 aliphatic rings. The Morgan fingerprint density at radius 2 is 2.14 bits per heavy atom. The molecule has 8 heteroatoms. The standard InChI is InChI=1S/C13H18BrN3O3S/c1-8-10(15)6-9(14)7-12(8)21(19,20)17-5-3-4-11(17)13(18)16-2/h6-7,11H,3-5,15H2,1-2H3,(H,16,18). The molecular weight excluding hydrogens is 358 g/mol. The Morgan fingerprint density at radius 3 is 2.76 bits per heavy atom. The lowest BCUT2D eigenvalue weighted by Crippen LogP contribution is -2.45. The van der Waals surface area contributed by atoms with Crippen molar-refractivity contribution in [2.24, 2.45) is 0 Å². The van der Waals surface area contributed by atoms with E-state index >= 15 is 0 Å². The molecule has 0 spiro atoms. The summed E-state index contributed by atoms with van der Waals surface area (Å²) in [6.07, 6.45) is 1.20. The minimum atomic E-state index is -3.76. The highest BCUT2D eigenvalue weighted by Crippen LogP contribution is 2.32. The maximum atomic E-state index is 12.9. The van der Waals surface area contributed by atoms with Crippen LogP contribution in [-0.2, 0) is 14.8 Å². The number of nitrogen functional groups attached to an aromatic ring is 1. The molecule has 2 rings (SSSR count). The third-order valence-corrected chi connectivity index (χ3v) is 6.20. The minimum Gasteiger partial charge on any atom is -0.398 e. The largest absolute Gasteiger partial charge is 0.398 e. The summed E-state index contributed by atoms with van der Waals surface area (Å²) in [7, 11) is -2.25. The van der Waals surface area contributed by atoms with Gasteiger partial charge in [-0.2, -0.15) is 4.31 Å². The molecule has 1 aromatic rings. The number of benzene rings is 1. The van der Waals surface area contributed by atoms with Crippen molar-refractivity contribution in [3.63, 3.8) is 0 Å². The van der Waals surface area contributed by atoms with Gasteiger partial charge in [-0.25, -0.2) is 8.42 Å². The molecule has 1 unspecified atom stereocenters. The van der Waals surface area contributed by atoms with E-state index in [1.165, 1.54) is 17.4 Å². The van der Waals surface area contributed by atoms with Gasteiger partial charge in [-0.1, -0.05) is 15.9 Å². The second-order valence-corrected chi connectivity index (χ2v) is 7.78. The van der Waals surface area contributed by atoms with Crippen LogP contribution >= 0.6 is 15.9 Å². The molecule has 0 aliphatic carbocycles. The number of anilines is 1. The maximum Gasteiger partial charge on any atom is 0.244 e. The van der Waals surface area contributed by atoms with Crippen LogP contribution in [0, 0.1) is 6.92 Å². The molecule has 1 aromatic carbocycles. The van der Waals surface area contributed by atoms with Crippen LogP contribution in [0.25, 0.3) is 0 Å². The summed E-state index contributed by atoms with van der Waals surface area (Å²) >= 11 is 3.26. The van der Waals surface area contributed by atoms with Gasteiger partial charge in [0.05, 0.1) is 4.90 Å². The second kappa shape index (κ2) is 5.94. The van der Waals surface area contributed by atoms with Gasteiger partial charge in [0, 0.05) is 23.8 Å². The number of halogens is 1. The Morgan fingerprint density at radius 1 is 1.48 bits per heavy atom. The number of sulfonamides is 1. The van der Waals surface area contributed by atoms with E-state index in [4.69, 9.17) is 5.73 Å². The Balaban J connectivity index is 2.50. The summed E-state index contributed by atoms with van der Waals surface area (Å²) in [5.74, 6) is -0.281. The van der Waals surface area contributed by atoms with Crippen molar-refractivity contribution >= 4 is 37.5 Å². The topological polar surface area (TPSA) is 92.5 Å². The summed E-state index contributed by atoms with van der Waals surface area (Å²) in [5, 5.41) is 2.52. The van der Waals surface area contributed by atoms with Crippen LogP contribution < -0.4 is 11.1 Å². The van der Waals surface area contributed by atoms with E-state index in [9.17, 15) is 13.2 Å². The molecular formula is C13H18BrN3O3S. The van der Waals surface area contributed by atoms with E-state index in [1.54, 1.807) is 13.0 Å². The van der Waals surface area contributed by atoms with E-state index in [2.05, 4.69) is 21.2 Å². The van der Waals surface area contributed by atoms with Gasteiger partial charge in [-0.15, -0.1) is 0 Å². The Hall–Kier alpha value is -1.12. The van der Waals surface area contributed by atoms with Gasteiger partial charge < -0.3 is 11.1 Å². The van der Waals surface area contributed by atoms with Crippen LogP contribution in [0.15, 0.2) is 21.5 Å². The van der Waals surface area contributed by atoms with Crippen LogP contribution in [0.4, 0.5) is 5.69 Å². The minimum absolute atomic E-state index is 0.144. The number of hydrogen-bond donors (Lipinski definition) is 2. The molecule has 0 aromatic heterocycles. The molecule has 0 saturated carbocycles. The van der Waals surface area contributed by atoms with Crippen LogP contribution in [0.2, 0.25) is 0 Å². The van der Waals surface area contributed by atoms with Crippen LogP contribution in [-0.4, -0.2) is 38.3 Å². The van der Waals surface area contributed by atoms with Gasteiger partial charge in [-0.05, 0) is 37.5 Å². The third-order valence-electron chi connectivity index (χ3n) is 3.70. The van der Waals surface area contributed by atoms with Gasteiger partial charge in [0.25, 0.3) is 0 Å². The molecule has 3 N–H and O–H groups in total. The number of likely N-dealkylation sites (N-methyl/N-ethyl adjacent to an activating group) is 1. The summed E-state index contributed by atoms with van der Waals surface area (Å²) in [6.45, 7) is 2.01. The van der Waals surface area contributed by atoms with Crippen molar-refractivity contribution < 1.29 is 13.2 Å². The Labute approximate surface area is 132 Å². The van der Waals surface area contributed by atoms with E-state index in [0.717, 1.165) is 0 Å². The molecule has 0 bridgehead atoms. The fraction of sp³-hybridized carbons (Fsp3) is 0.462. The molecule has 1 aliphatic heterocycles. The summed E-state index contributed by atoms with van der Waals surface area (Å²) in [6, 6.07) is 2.54. The van der Waals surface area contributed by atoms with Gasteiger partial charge in [0.15, 0.2) is 0 Å². The SMILES string of the molecule is CNC(=O)C1CCCN1S(=O)(=O)c1cc(Br)cc(N)c1C. The first-order valence-electron chi connectivity index (χ1n) is 6.58. The van der Waals surface area contributed by atoms with Crippen LogP contribution in [0.1, 0.15) is 18.4 Å². The van der Waals surface area contributed by atoms with Gasteiger partial charge >= 0.3 is 0 Å². The number of hydrogen-bond acceptors (Lipinski definition) is 4. The third kappa shape index (κ3) is 2.93. The van der Waals surface area contributed by atoms with Gasteiger partial charge in [0.2, 0.25) is 15.9 Å². The van der Waals surface area contributed by atoms with E-state index in [-0.39, 0.29) is 10.8 Å². The number of amides is 1. The smallest absolute Gasteiger partial charge is 0.244 e. The van der Waals surface area contributed by atoms with E-state index < -0.39 is 16.1 Å². The molecule has 21 heavy (non-hydrogen) atoms. The van der Waals surface area contributed by atoms with Crippen molar-refractivity contribution in [2.45, 2.75) is 30.7 Å². The number of carbonyl (C=O) groups excluding carboxylic acids is 1. The second-order valence-electron chi connectivity index (χ2n) is 5.01. The highest BCUT2D eigenvalue weighted by atomic mass is 79.9. The zero-order valence-corrected chi connectivity index (χ0v) is 14.3. The van der Waals surface area contributed by atoms with Gasteiger partial charge in [-0.3, -0.25) is 4.79 Å². The fourth-order valence-electron chi connectivity index (χ4n) is 2.52. The normalized spacial score (nSPS) is 19.7. The molecule has 0 radical (unpaired) electrons. The first-order valence-corrected chi connectivity index (χ1v) is 8.81. The summed E-state index contributed by atoms with van der Waals surface area (Å²) in [4.78, 5) is 12.0. The van der Waals surface area contributed by atoms with Crippen molar-refractivity contribution in [3.05, 3.63) is 22.2 Å². The molecule has 116 valence electrons. The highest BCUT2D eigenvalue weighted by molar-refractivity contribution is 9.10. The number of carbonyl (C=O) groups is 1. The highest BCUT2D eigenvalue weighted by Gasteiger charge is 2.39. The van der Waals surface area contributed by atoms with Crippen molar-refractivity contribution in [2.75, 3.05) is 19.3 Å². The number of nitrogens with two attached hydrogens (primary N) is 1. The monoisotopic (exact) mass is 375 g/mol. The molecule has 1 heterocycles. The number of nitrogens with zero attached hydrogens (tertiary/aromatic N) is 1. The molecule has 1 saturated heterocycles. The Kier molecular flexibility index (Phi) is 4.60. The van der Waals surface area contributed by atoms with Crippen LogP contribution in [0.5, 0.6) is 0 Å². The fourth-order valence-corrected chi connectivity index (χ4v) is 5.09. The number of nitrogens with one attached hydrogen (secondary N) is 1. The first kappa shape index (κ1) is 16.3. The average molecular weight is 376 g/mol. The summed E-state index contributed by atoms with van der Waals surface area (Å²) in [5.41, 5.74) is 6.75. The van der Waals surface area contributed by atoms with Crippen molar-refractivity contribution in [1.29, 1.82) is 0 Å². The quantitative estimate of drug-likeness (QED) is 0.777. The first-order chi connectivity index (χ1) is 9.78. The van der Waals surface area contributed by atoms with Crippen LogP contribution in [0.3, 0.4) is 0 Å². The molecule has 1 atom stereocenters. The lowest BCUT2D eigenvalue weighted by molar-refractivity contribution is -0.123. The molecule has 1 fully saturated rings. The van der Waals surface area contributed by atoms with Crippen molar-refractivity contribution in [3.8, 4) is 0 Å². The maximum absolute atomic E-state index is 12.9. The number of rotatable bonds is 3. The molecule has 1 amide bonds.